The molecule has 0 N–H and O–H groups in total. The van der Waals surface area contributed by atoms with E-state index in [1.807, 2.05) is 0 Å². The average Bonchev–Trinajstić information content (AvgIpc) is 2.69. The van der Waals surface area contributed by atoms with Crippen molar-refractivity contribution in [2.24, 2.45) is 11.3 Å². The second-order valence-electron chi connectivity index (χ2n) is 3.19. The molecule has 2 atom stereocenters. The summed E-state index contributed by atoms with van der Waals surface area (Å²) in [5.74, 6) is -0.715. The van der Waals surface area contributed by atoms with Crippen LogP contribution < -0.4 is 0 Å². The van der Waals surface area contributed by atoms with E-state index in [-0.39, 0.29) is 5.92 Å². The van der Waals surface area contributed by atoms with E-state index in [0.717, 1.165) is 0 Å². The van der Waals surface area contributed by atoms with Crippen molar-refractivity contribution in [2.45, 2.75) is 13.3 Å². The van der Waals surface area contributed by atoms with Crippen LogP contribution in [0.25, 0.3) is 0 Å². The minimum atomic E-state index is -0.893. The summed E-state index contributed by atoms with van der Waals surface area (Å²) in [5, 5.41) is 0. The van der Waals surface area contributed by atoms with Crippen LogP contribution in [0.5, 0.6) is 0 Å². The van der Waals surface area contributed by atoms with Gasteiger partial charge in [0, 0.05) is 5.92 Å². The molecular weight excluding hydrogens is 160 g/mol. The highest BCUT2D eigenvalue weighted by Gasteiger charge is 2.72. The molecule has 1 aliphatic carbocycles. The first-order valence-corrected chi connectivity index (χ1v) is 4.06. The number of hydrogen-bond acceptors (Lipinski definition) is 4. The number of ether oxygens (including phenoxy) is 2. The maximum Gasteiger partial charge on any atom is 0.323 e. The molecule has 1 saturated carbocycles. The Kier molecular flexibility index (Phi) is 1.40. The maximum absolute atomic E-state index is 11.3. The highest BCUT2D eigenvalue weighted by atomic mass is 16.6. The van der Waals surface area contributed by atoms with Crippen molar-refractivity contribution in [3.8, 4) is 0 Å². The van der Waals surface area contributed by atoms with Crippen LogP contribution >= 0.6 is 0 Å². The predicted octanol–water partition coefficient (Wildman–Crippen LogP) is 0.113. The van der Waals surface area contributed by atoms with Crippen LogP contribution in [-0.2, 0) is 19.1 Å². The molecule has 0 aromatic rings. The van der Waals surface area contributed by atoms with E-state index in [0.29, 0.717) is 19.6 Å². The number of fused-ring (bicyclic) bond motifs is 1. The number of hydrogen-bond donors (Lipinski definition) is 0. The van der Waals surface area contributed by atoms with Gasteiger partial charge in [0.15, 0.2) is 5.41 Å². The highest BCUT2D eigenvalue weighted by molar-refractivity contribution is 6.05. The molecule has 4 heteroatoms. The molecule has 0 radical (unpaired) electrons. The van der Waals surface area contributed by atoms with Crippen molar-refractivity contribution in [3.05, 3.63) is 0 Å². The van der Waals surface area contributed by atoms with Gasteiger partial charge in [-0.1, -0.05) is 0 Å². The fourth-order valence-electron chi connectivity index (χ4n) is 1.68. The lowest BCUT2D eigenvalue weighted by Gasteiger charge is -2.06. The summed E-state index contributed by atoms with van der Waals surface area (Å²) in [4.78, 5) is 22.4. The van der Waals surface area contributed by atoms with Gasteiger partial charge in [-0.25, -0.2) is 0 Å². The van der Waals surface area contributed by atoms with Crippen molar-refractivity contribution in [1.29, 1.82) is 0 Å². The molecule has 1 aliphatic heterocycles. The summed E-state index contributed by atoms with van der Waals surface area (Å²) in [6.07, 6.45) is 0.616. The van der Waals surface area contributed by atoms with E-state index in [1.165, 1.54) is 0 Å². The molecule has 0 unspecified atom stereocenters. The molecule has 12 heavy (non-hydrogen) atoms. The third-order valence-electron chi connectivity index (χ3n) is 2.52. The smallest absolute Gasteiger partial charge is 0.323 e. The Bertz CT molecular complexity index is 247. The zero-order valence-electron chi connectivity index (χ0n) is 6.83. The van der Waals surface area contributed by atoms with Gasteiger partial charge in [-0.05, 0) is 13.3 Å². The van der Waals surface area contributed by atoms with Crippen LogP contribution in [0, 0.1) is 11.3 Å². The lowest BCUT2D eigenvalue weighted by atomic mass is 10.1. The second kappa shape index (κ2) is 2.21. The number of carbonyl (C=O) groups is 2. The molecule has 0 aromatic carbocycles. The summed E-state index contributed by atoms with van der Waals surface area (Å²) in [7, 11) is 0. The van der Waals surface area contributed by atoms with Crippen molar-refractivity contribution in [3.63, 3.8) is 0 Å². The van der Waals surface area contributed by atoms with E-state index in [1.54, 1.807) is 6.92 Å². The Morgan fingerprint density at radius 2 is 2.58 bits per heavy atom. The SMILES string of the molecule is CCOC(=O)[C@@]12C[C@@H]1COC2=O. The van der Waals surface area contributed by atoms with Crippen molar-refractivity contribution in [1.82, 2.24) is 0 Å². The molecule has 2 fully saturated rings. The molecule has 4 nitrogen and oxygen atoms in total. The van der Waals surface area contributed by atoms with Crippen LogP contribution in [0.3, 0.4) is 0 Å². The van der Waals surface area contributed by atoms with Crippen LogP contribution in [0.2, 0.25) is 0 Å². The lowest BCUT2D eigenvalue weighted by Crippen LogP contribution is -2.26. The first-order valence-electron chi connectivity index (χ1n) is 4.06. The topological polar surface area (TPSA) is 52.6 Å². The third kappa shape index (κ3) is 0.722. The molecule has 0 amide bonds. The molecule has 66 valence electrons. The minimum absolute atomic E-state index is 0.0871. The Labute approximate surface area is 69.8 Å². The Hall–Kier alpha value is -1.06. The van der Waals surface area contributed by atoms with Crippen LogP contribution in [0.1, 0.15) is 13.3 Å². The zero-order chi connectivity index (χ0) is 8.77. The average molecular weight is 170 g/mol. The van der Waals surface area contributed by atoms with Crippen molar-refractivity contribution >= 4 is 11.9 Å². The molecule has 0 spiro atoms. The summed E-state index contributed by atoms with van der Waals surface area (Å²) < 4.78 is 9.55. The Morgan fingerprint density at radius 3 is 3.00 bits per heavy atom. The highest BCUT2D eigenvalue weighted by Crippen LogP contribution is 2.58. The second-order valence-corrected chi connectivity index (χ2v) is 3.19. The van der Waals surface area contributed by atoms with Crippen LogP contribution in [0.4, 0.5) is 0 Å². The molecule has 2 aliphatic rings. The van der Waals surface area contributed by atoms with Gasteiger partial charge in [0.2, 0.25) is 0 Å². The summed E-state index contributed by atoms with van der Waals surface area (Å²) >= 11 is 0. The van der Waals surface area contributed by atoms with Gasteiger partial charge in [0.05, 0.1) is 13.2 Å². The fraction of sp³-hybridized carbons (Fsp3) is 0.750. The number of rotatable bonds is 2. The molecule has 1 saturated heterocycles. The van der Waals surface area contributed by atoms with Gasteiger partial charge in [-0.15, -0.1) is 0 Å². The first kappa shape index (κ1) is 7.58. The van der Waals surface area contributed by atoms with Gasteiger partial charge in [0.25, 0.3) is 0 Å². The van der Waals surface area contributed by atoms with Gasteiger partial charge in [-0.3, -0.25) is 9.59 Å². The van der Waals surface area contributed by atoms with Crippen molar-refractivity contribution in [2.75, 3.05) is 13.2 Å². The molecule has 0 aromatic heterocycles. The molecule has 2 rings (SSSR count). The largest absolute Gasteiger partial charge is 0.465 e. The van der Waals surface area contributed by atoms with E-state index in [4.69, 9.17) is 9.47 Å². The Morgan fingerprint density at radius 1 is 1.83 bits per heavy atom. The number of esters is 2. The lowest BCUT2D eigenvalue weighted by molar-refractivity contribution is -0.159. The van der Waals surface area contributed by atoms with Gasteiger partial charge < -0.3 is 9.47 Å². The van der Waals surface area contributed by atoms with E-state index >= 15 is 0 Å². The summed E-state index contributed by atoms with van der Waals surface area (Å²) in [5.41, 5.74) is -0.893. The minimum Gasteiger partial charge on any atom is -0.465 e. The summed E-state index contributed by atoms with van der Waals surface area (Å²) in [6.45, 7) is 2.43. The fourth-order valence-corrected chi connectivity index (χ4v) is 1.68. The summed E-state index contributed by atoms with van der Waals surface area (Å²) in [6, 6.07) is 0. The molecular formula is C8H10O4. The van der Waals surface area contributed by atoms with Gasteiger partial charge >= 0.3 is 11.9 Å². The van der Waals surface area contributed by atoms with E-state index in [2.05, 4.69) is 0 Å². The number of cyclic esters (lactones) is 1. The van der Waals surface area contributed by atoms with Gasteiger partial charge in [-0.2, -0.15) is 0 Å². The monoisotopic (exact) mass is 170 g/mol. The predicted molar refractivity (Wildman–Crippen MR) is 38.1 cm³/mol. The quantitative estimate of drug-likeness (QED) is 0.436. The molecule has 1 heterocycles. The maximum atomic E-state index is 11.3. The Balaban J connectivity index is 2.13. The zero-order valence-corrected chi connectivity index (χ0v) is 6.83. The van der Waals surface area contributed by atoms with E-state index in [9.17, 15) is 9.59 Å². The van der Waals surface area contributed by atoms with Crippen LogP contribution in [0.15, 0.2) is 0 Å². The standard InChI is InChI=1S/C8H10O4/c1-2-11-6(9)8-3-5(8)4-12-7(8)10/h5H,2-4H2,1H3/t5-,8-/m1/s1. The van der Waals surface area contributed by atoms with E-state index < -0.39 is 17.4 Å². The first-order chi connectivity index (χ1) is 5.71. The van der Waals surface area contributed by atoms with Crippen molar-refractivity contribution < 1.29 is 19.1 Å². The van der Waals surface area contributed by atoms with Gasteiger partial charge in [0.1, 0.15) is 0 Å². The molecule has 0 bridgehead atoms. The van der Waals surface area contributed by atoms with Crippen LogP contribution in [-0.4, -0.2) is 25.2 Å². The number of carbonyl (C=O) groups excluding carboxylic acids is 2. The normalized spacial score (nSPS) is 37.1. The third-order valence-corrected chi connectivity index (χ3v) is 2.52.